The van der Waals surface area contributed by atoms with Gasteiger partial charge in [-0.1, -0.05) is 12.1 Å². The van der Waals surface area contributed by atoms with E-state index in [9.17, 15) is 4.79 Å². The first-order chi connectivity index (χ1) is 8.76. The van der Waals surface area contributed by atoms with E-state index in [1.54, 1.807) is 7.11 Å². The molecule has 1 aliphatic rings. The first-order valence-electron chi connectivity index (χ1n) is 6.22. The van der Waals surface area contributed by atoms with Gasteiger partial charge < -0.3 is 9.47 Å². The molecule has 1 aromatic carbocycles. The van der Waals surface area contributed by atoms with E-state index >= 15 is 0 Å². The highest BCUT2D eigenvalue weighted by Crippen LogP contribution is 2.27. The van der Waals surface area contributed by atoms with Crippen LogP contribution >= 0.6 is 0 Å². The second-order valence-electron chi connectivity index (χ2n) is 4.44. The molecular formula is C14H19NO3. The van der Waals surface area contributed by atoms with Gasteiger partial charge in [0.15, 0.2) is 0 Å². The lowest BCUT2D eigenvalue weighted by molar-refractivity contribution is -0.146. The lowest BCUT2D eigenvalue weighted by Crippen LogP contribution is -2.32. The van der Waals surface area contributed by atoms with Crippen LogP contribution in [-0.4, -0.2) is 38.2 Å². The Bertz CT molecular complexity index is 396. The molecule has 98 valence electrons. The maximum Gasteiger partial charge on any atom is 0.327 e. The summed E-state index contributed by atoms with van der Waals surface area (Å²) in [5.74, 6) is 0.603. The molecule has 18 heavy (non-hydrogen) atoms. The van der Waals surface area contributed by atoms with Crippen LogP contribution in [-0.2, 0) is 9.53 Å². The summed E-state index contributed by atoms with van der Waals surface area (Å²) in [6.07, 6.45) is 2.29. The van der Waals surface area contributed by atoms with Crippen molar-refractivity contribution in [3.8, 4) is 5.75 Å². The van der Waals surface area contributed by atoms with Gasteiger partial charge in [-0.25, -0.2) is 4.79 Å². The summed E-state index contributed by atoms with van der Waals surface area (Å²) in [6.45, 7) is 1.90. The Hall–Kier alpha value is -1.55. The minimum absolute atomic E-state index is 0.193. The van der Waals surface area contributed by atoms with E-state index in [0.717, 1.165) is 37.2 Å². The van der Waals surface area contributed by atoms with Crippen molar-refractivity contribution in [2.75, 3.05) is 27.3 Å². The first kappa shape index (κ1) is 12.9. The molecule has 1 saturated heterocycles. The van der Waals surface area contributed by atoms with Gasteiger partial charge in [-0.3, -0.25) is 4.90 Å². The van der Waals surface area contributed by atoms with Crippen LogP contribution in [0, 0.1) is 0 Å². The van der Waals surface area contributed by atoms with Crippen LogP contribution in [0.3, 0.4) is 0 Å². The lowest BCUT2D eigenvalue weighted by atomic mass is 10.1. The maximum absolute atomic E-state index is 12.0. The van der Waals surface area contributed by atoms with E-state index in [-0.39, 0.29) is 12.0 Å². The average Bonchev–Trinajstić information content (AvgIpc) is 2.93. The van der Waals surface area contributed by atoms with E-state index in [1.807, 2.05) is 24.3 Å². The summed E-state index contributed by atoms with van der Waals surface area (Å²) in [5.41, 5.74) is 0.963. The predicted molar refractivity (Wildman–Crippen MR) is 68.6 cm³/mol. The van der Waals surface area contributed by atoms with Crippen molar-refractivity contribution in [1.29, 1.82) is 0 Å². The fourth-order valence-corrected chi connectivity index (χ4v) is 2.39. The molecule has 0 radical (unpaired) electrons. The van der Waals surface area contributed by atoms with Crippen LogP contribution in [0.25, 0.3) is 0 Å². The van der Waals surface area contributed by atoms with E-state index in [4.69, 9.17) is 9.47 Å². The Balaban J connectivity index is 2.23. The Morgan fingerprint density at radius 3 is 2.28 bits per heavy atom. The Kier molecular flexibility index (Phi) is 4.20. The van der Waals surface area contributed by atoms with Crippen molar-refractivity contribution in [3.63, 3.8) is 0 Å². The quantitative estimate of drug-likeness (QED) is 0.765. The van der Waals surface area contributed by atoms with Gasteiger partial charge in [-0.2, -0.15) is 0 Å². The fourth-order valence-electron chi connectivity index (χ4n) is 2.39. The number of hydrogen-bond acceptors (Lipinski definition) is 4. The smallest absolute Gasteiger partial charge is 0.327 e. The third-order valence-electron chi connectivity index (χ3n) is 3.36. The molecule has 1 aromatic rings. The first-order valence-corrected chi connectivity index (χ1v) is 6.22. The molecule has 1 aliphatic heterocycles. The number of likely N-dealkylation sites (tertiary alicyclic amines) is 1. The number of methoxy groups -OCH3 is 2. The van der Waals surface area contributed by atoms with E-state index in [2.05, 4.69) is 4.90 Å². The van der Waals surface area contributed by atoms with Gasteiger partial charge in [0, 0.05) is 0 Å². The van der Waals surface area contributed by atoms with Crippen molar-refractivity contribution in [2.24, 2.45) is 0 Å². The molecule has 0 aliphatic carbocycles. The molecule has 0 bridgehead atoms. The predicted octanol–water partition coefficient (Wildman–Crippen LogP) is 2.01. The van der Waals surface area contributed by atoms with E-state index in [0.29, 0.717) is 0 Å². The molecule has 0 spiro atoms. The van der Waals surface area contributed by atoms with Crippen molar-refractivity contribution >= 4 is 5.97 Å². The molecule has 0 amide bonds. The van der Waals surface area contributed by atoms with Crippen molar-refractivity contribution < 1.29 is 14.3 Å². The van der Waals surface area contributed by atoms with Gasteiger partial charge in [0.25, 0.3) is 0 Å². The molecule has 2 rings (SSSR count). The Labute approximate surface area is 107 Å². The number of carbonyl (C=O) groups excluding carboxylic acids is 1. The summed E-state index contributed by atoms with van der Waals surface area (Å²) in [5, 5.41) is 0. The Morgan fingerprint density at radius 1 is 1.17 bits per heavy atom. The zero-order valence-corrected chi connectivity index (χ0v) is 10.9. The molecule has 4 nitrogen and oxygen atoms in total. The summed E-state index contributed by atoms with van der Waals surface area (Å²) in [7, 11) is 3.07. The molecule has 1 fully saturated rings. The van der Waals surface area contributed by atoms with Gasteiger partial charge in [-0.05, 0) is 43.6 Å². The van der Waals surface area contributed by atoms with Gasteiger partial charge in [-0.15, -0.1) is 0 Å². The summed E-state index contributed by atoms with van der Waals surface area (Å²) in [4.78, 5) is 14.1. The van der Waals surface area contributed by atoms with Crippen molar-refractivity contribution in [3.05, 3.63) is 29.8 Å². The lowest BCUT2D eigenvalue weighted by Gasteiger charge is -2.25. The fraction of sp³-hybridized carbons (Fsp3) is 0.500. The number of rotatable bonds is 4. The average molecular weight is 249 g/mol. The number of ether oxygens (including phenoxy) is 2. The number of benzene rings is 1. The highest BCUT2D eigenvalue weighted by Gasteiger charge is 2.30. The zero-order chi connectivity index (χ0) is 13.0. The molecule has 1 unspecified atom stereocenters. The molecule has 0 saturated carbocycles. The highest BCUT2D eigenvalue weighted by molar-refractivity contribution is 5.77. The number of nitrogens with zero attached hydrogens (tertiary/aromatic N) is 1. The SMILES string of the molecule is COC(=O)C(c1ccc(OC)cc1)N1CCCC1. The van der Waals surface area contributed by atoms with Crippen molar-refractivity contribution in [2.45, 2.75) is 18.9 Å². The van der Waals surface area contributed by atoms with E-state index < -0.39 is 0 Å². The van der Waals surface area contributed by atoms with Crippen LogP contribution in [0.15, 0.2) is 24.3 Å². The van der Waals surface area contributed by atoms with Gasteiger partial charge >= 0.3 is 5.97 Å². The number of hydrogen-bond donors (Lipinski definition) is 0. The largest absolute Gasteiger partial charge is 0.497 e. The van der Waals surface area contributed by atoms with Crippen LogP contribution in [0.2, 0.25) is 0 Å². The minimum atomic E-state index is -0.289. The molecule has 0 N–H and O–H groups in total. The van der Waals surface area contributed by atoms with Crippen molar-refractivity contribution in [1.82, 2.24) is 4.90 Å². The van der Waals surface area contributed by atoms with E-state index in [1.165, 1.54) is 7.11 Å². The second-order valence-corrected chi connectivity index (χ2v) is 4.44. The van der Waals surface area contributed by atoms with Crippen LogP contribution in [0.1, 0.15) is 24.4 Å². The number of esters is 1. The third-order valence-corrected chi connectivity index (χ3v) is 3.36. The number of carbonyl (C=O) groups is 1. The molecule has 1 atom stereocenters. The molecule has 1 heterocycles. The molecule has 0 aromatic heterocycles. The summed E-state index contributed by atoms with van der Waals surface area (Å²) < 4.78 is 10.1. The van der Waals surface area contributed by atoms with Crippen LogP contribution < -0.4 is 4.74 Å². The minimum Gasteiger partial charge on any atom is -0.497 e. The molecular weight excluding hydrogens is 230 g/mol. The van der Waals surface area contributed by atoms with Gasteiger partial charge in [0.1, 0.15) is 11.8 Å². The van der Waals surface area contributed by atoms with Gasteiger partial charge in [0.05, 0.1) is 14.2 Å². The highest BCUT2D eigenvalue weighted by atomic mass is 16.5. The molecule has 4 heteroatoms. The standard InChI is InChI=1S/C14H19NO3/c1-17-12-7-5-11(6-8-12)13(14(16)18-2)15-9-3-4-10-15/h5-8,13H,3-4,9-10H2,1-2H3. The van der Waals surface area contributed by atoms with Crippen LogP contribution in [0.4, 0.5) is 0 Å². The monoisotopic (exact) mass is 249 g/mol. The normalized spacial score (nSPS) is 17.4. The van der Waals surface area contributed by atoms with Crippen LogP contribution in [0.5, 0.6) is 5.75 Å². The maximum atomic E-state index is 12.0. The van der Waals surface area contributed by atoms with Gasteiger partial charge in [0.2, 0.25) is 0 Å². The summed E-state index contributed by atoms with van der Waals surface area (Å²) in [6, 6.07) is 7.32. The summed E-state index contributed by atoms with van der Waals surface area (Å²) >= 11 is 0. The Morgan fingerprint density at radius 2 is 1.78 bits per heavy atom. The topological polar surface area (TPSA) is 38.8 Å². The second kappa shape index (κ2) is 5.87. The third kappa shape index (κ3) is 2.64. The zero-order valence-electron chi connectivity index (χ0n) is 10.9.